The first-order chi connectivity index (χ1) is 13.6. The Bertz CT molecular complexity index is 979. The van der Waals surface area contributed by atoms with Crippen molar-refractivity contribution in [2.24, 2.45) is 5.92 Å². The van der Waals surface area contributed by atoms with Gasteiger partial charge < -0.3 is 9.47 Å². The predicted octanol–water partition coefficient (Wildman–Crippen LogP) is 4.57. The zero-order chi connectivity index (χ0) is 19.5. The fraction of sp³-hybridized carbons (Fsp3) is 0.364. The van der Waals surface area contributed by atoms with Gasteiger partial charge in [0.15, 0.2) is 5.16 Å². The van der Waals surface area contributed by atoms with E-state index in [1.807, 2.05) is 39.8 Å². The van der Waals surface area contributed by atoms with E-state index < -0.39 is 0 Å². The third-order valence-electron chi connectivity index (χ3n) is 5.37. The summed E-state index contributed by atoms with van der Waals surface area (Å²) in [5.74, 6) is 0.979. The van der Waals surface area contributed by atoms with Gasteiger partial charge in [-0.2, -0.15) is 0 Å². The zero-order valence-corrected chi connectivity index (χ0v) is 16.8. The minimum Gasteiger partial charge on any atom is -0.342 e. The number of imidazole rings is 1. The monoisotopic (exact) mass is 397 g/mol. The summed E-state index contributed by atoms with van der Waals surface area (Å²) < 4.78 is 16.2. The topological polar surface area (TPSA) is 38.1 Å². The molecule has 0 saturated carbocycles. The molecule has 0 spiro atoms. The Labute approximate surface area is 168 Å². The molecule has 1 aliphatic heterocycles. The lowest BCUT2D eigenvalue weighted by molar-refractivity contribution is -0.129. The fourth-order valence-corrected chi connectivity index (χ4v) is 4.51. The molecule has 4 nitrogen and oxygen atoms in total. The van der Waals surface area contributed by atoms with Crippen molar-refractivity contribution in [2.75, 3.05) is 18.8 Å². The largest absolute Gasteiger partial charge is 0.342 e. The number of nitrogens with zero attached hydrogens (tertiary/aromatic N) is 3. The maximum atomic E-state index is 14.2. The molecule has 3 aromatic rings. The Hall–Kier alpha value is -2.34. The van der Waals surface area contributed by atoms with Crippen LogP contribution in [-0.2, 0) is 11.3 Å². The summed E-state index contributed by atoms with van der Waals surface area (Å²) in [6.45, 7) is 4.31. The molecule has 0 atom stereocenters. The number of amides is 1. The van der Waals surface area contributed by atoms with Crippen molar-refractivity contribution in [1.29, 1.82) is 0 Å². The van der Waals surface area contributed by atoms with Gasteiger partial charge in [-0.1, -0.05) is 49.0 Å². The lowest BCUT2D eigenvalue weighted by Crippen LogP contribution is -2.38. The van der Waals surface area contributed by atoms with E-state index in [0.717, 1.165) is 42.1 Å². The number of hydrogen-bond acceptors (Lipinski definition) is 3. The summed E-state index contributed by atoms with van der Waals surface area (Å²) >= 11 is 1.44. The molecule has 1 aromatic heterocycles. The van der Waals surface area contributed by atoms with Crippen molar-refractivity contribution in [3.8, 4) is 0 Å². The van der Waals surface area contributed by atoms with Crippen LogP contribution in [0.25, 0.3) is 11.0 Å². The van der Waals surface area contributed by atoms with Crippen LogP contribution in [0.2, 0.25) is 0 Å². The van der Waals surface area contributed by atoms with Crippen molar-refractivity contribution in [3.05, 3.63) is 59.9 Å². The van der Waals surface area contributed by atoms with Gasteiger partial charge in [-0.15, -0.1) is 0 Å². The fourth-order valence-electron chi connectivity index (χ4n) is 3.59. The van der Waals surface area contributed by atoms with Gasteiger partial charge in [-0.3, -0.25) is 4.79 Å². The standard InChI is InChI=1S/C22H24FN3OS/c1-16-10-12-25(13-11-16)21(27)15-28-22-24-19-8-4-5-9-20(19)26(22)14-17-6-2-3-7-18(17)23/h2-9,16H,10-15H2,1H3. The summed E-state index contributed by atoms with van der Waals surface area (Å²) in [5, 5.41) is 0.753. The molecule has 28 heavy (non-hydrogen) atoms. The first-order valence-corrected chi connectivity index (χ1v) is 10.7. The Morgan fingerprint density at radius 1 is 1.14 bits per heavy atom. The van der Waals surface area contributed by atoms with Crippen molar-refractivity contribution in [1.82, 2.24) is 14.5 Å². The molecule has 1 saturated heterocycles. The Balaban J connectivity index is 1.55. The number of rotatable bonds is 5. The zero-order valence-electron chi connectivity index (χ0n) is 16.0. The van der Waals surface area contributed by atoms with Gasteiger partial charge in [0.1, 0.15) is 5.82 Å². The number of carbonyl (C=O) groups is 1. The number of carbonyl (C=O) groups excluding carboxylic acids is 1. The summed E-state index contributed by atoms with van der Waals surface area (Å²) in [4.78, 5) is 19.3. The molecule has 0 bridgehead atoms. The highest BCUT2D eigenvalue weighted by Gasteiger charge is 2.21. The maximum Gasteiger partial charge on any atom is 0.233 e. The van der Waals surface area contributed by atoms with E-state index in [9.17, 15) is 9.18 Å². The van der Waals surface area contributed by atoms with Gasteiger partial charge in [0.25, 0.3) is 0 Å². The number of likely N-dealkylation sites (tertiary alicyclic amines) is 1. The SMILES string of the molecule is CC1CCN(C(=O)CSc2nc3ccccc3n2Cc2ccccc2F)CC1. The quantitative estimate of drug-likeness (QED) is 0.592. The second kappa shape index (κ2) is 8.35. The Morgan fingerprint density at radius 2 is 1.86 bits per heavy atom. The normalized spacial score (nSPS) is 15.3. The summed E-state index contributed by atoms with van der Waals surface area (Å²) in [5.41, 5.74) is 2.43. The third kappa shape index (κ3) is 4.07. The van der Waals surface area contributed by atoms with Crippen LogP contribution >= 0.6 is 11.8 Å². The smallest absolute Gasteiger partial charge is 0.233 e. The highest BCUT2D eigenvalue weighted by molar-refractivity contribution is 7.99. The van der Waals surface area contributed by atoms with E-state index in [1.54, 1.807) is 12.1 Å². The van der Waals surface area contributed by atoms with Crippen molar-refractivity contribution < 1.29 is 9.18 Å². The van der Waals surface area contributed by atoms with Crippen LogP contribution in [0.4, 0.5) is 4.39 Å². The number of aromatic nitrogens is 2. The van der Waals surface area contributed by atoms with Gasteiger partial charge in [-0.25, -0.2) is 9.37 Å². The van der Waals surface area contributed by atoms with Crippen LogP contribution in [0.3, 0.4) is 0 Å². The molecule has 1 amide bonds. The van der Waals surface area contributed by atoms with Crippen LogP contribution in [-0.4, -0.2) is 39.2 Å². The van der Waals surface area contributed by atoms with Gasteiger partial charge in [-0.05, 0) is 37.0 Å². The number of hydrogen-bond donors (Lipinski definition) is 0. The van der Waals surface area contributed by atoms with Crippen LogP contribution in [0, 0.1) is 11.7 Å². The Morgan fingerprint density at radius 3 is 2.64 bits per heavy atom. The molecule has 4 rings (SSSR count). The van der Waals surface area contributed by atoms with Crippen molar-refractivity contribution in [3.63, 3.8) is 0 Å². The van der Waals surface area contributed by atoms with Gasteiger partial charge in [0, 0.05) is 18.7 Å². The molecule has 146 valence electrons. The average Bonchev–Trinajstić information content (AvgIpc) is 3.06. The van der Waals surface area contributed by atoms with Crippen molar-refractivity contribution >= 4 is 28.7 Å². The first kappa shape index (κ1) is 19.0. The van der Waals surface area contributed by atoms with Gasteiger partial charge in [0.2, 0.25) is 5.91 Å². The molecule has 0 unspecified atom stereocenters. The van der Waals surface area contributed by atoms with E-state index in [4.69, 9.17) is 4.98 Å². The molecule has 1 fully saturated rings. The van der Waals surface area contributed by atoms with Crippen LogP contribution < -0.4 is 0 Å². The van der Waals surface area contributed by atoms with E-state index in [2.05, 4.69) is 6.92 Å². The second-order valence-corrected chi connectivity index (χ2v) is 8.36. The van der Waals surface area contributed by atoms with Crippen LogP contribution in [0.15, 0.2) is 53.7 Å². The molecular formula is C22H24FN3OS. The molecule has 2 heterocycles. The minimum atomic E-state index is -0.227. The summed E-state index contributed by atoms with van der Waals surface area (Å²) in [7, 11) is 0. The molecule has 6 heteroatoms. The van der Waals surface area contributed by atoms with Crippen molar-refractivity contribution in [2.45, 2.75) is 31.5 Å². The maximum absolute atomic E-state index is 14.2. The molecule has 1 aliphatic rings. The van der Waals surface area contributed by atoms with Gasteiger partial charge in [0.05, 0.1) is 23.3 Å². The first-order valence-electron chi connectivity index (χ1n) is 9.71. The van der Waals surface area contributed by atoms with Crippen LogP contribution in [0.5, 0.6) is 0 Å². The van der Waals surface area contributed by atoms with E-state index in [-0.39, 0.29) is 11.7 Å². The number of halogens is 1. The molecular weight excluding hydrogens is 373 g/mol. The third-order valence-corrected chi connectivity index (χ3v) is 6.33. The van der Waals surface area contributed by atoms with E-state index in [0.29, 0.717) is 23.8 Å². The van der Waals surface area contributed by atoms with Gasteiger partial charge >= 0.3 is 0 Å². The highest BCUT2D eigenvalue weighted by Crippen LogP contribution is 2.26. The highest BCUT2D eigenvalue weighted by atomic mass is 32.2. The summed E-state index contributed by atoms with van der Waals surface area (Å²) in [6.07, 6.45) is 2.14. The molecule has 0 N–H and O–H groups in total. The molecule has 2 aromatic carbocycles. The predicted molar refractivity (Wildman–Crippen MR) is 111 cm³/mol. The number of piperidine rings is 1. The van der Waals surface area contributed by atoms with E-state index >= 15 is 0 Å². The minimum absolute atomic E-state index is 0.154. The van der Waals surface area contributed by atoms with E-state index in [1.165, 1.54) is 17.8 Å². The number of benzene rings is 2. The molecule has 0 radical (unpaired) electrons. The second-order valence-electron chi connectivity index (χ2n) is 7.41. The Kier molecular flexibility index (Phi) is 5.67. The summed E-state index contributed by atoms with van der Waals surface area (Å²) in [6, 6.07) is 14.6. The molecule has 0 aliphatic carbocycles. The number of thioether (sulfide) groups is 1. The average molecular weight is 398 g/mol. The lowest BCUT2D eigenvalue weighted by atomic mass is 9.99. The van der Waals surface area contributed by atoms with Crippen LogP contribution in [0.1, 0.15) is 25.3 Å². The lowest BCUT2D eigenvalue weighted by Gasteiger charge is -2.30. The number of fused-ring (bicyclic) bond motifs is 1. The number of para-hydroxylation sites is 2.